The Bertz CT molecular complexity index is 682. The SMILES string of the molecule is CCOC(=O)C(=C[C@@H]1[C@@H](C(=O)OC(C)(C)C)C1(C)C)Oc1ccccc1. The minimum absolute atomic E-state index is 0.0992. The first-order chi connectivity index (χ1) is 12.1. The summed E-state index contributed by atoms with van der Waals surface area (Å²) in [7, 11) is 0. The minimum Gasteiger partial charge on any atom is -0.460 e. The molecule has 0 spiro atoms. The molecule has 1 aliphatic carbocycles. The standard InChI is InChI=1S/C21H28O5/c1-7-24-18(22)16(25-14-11-9-8-10-12-14)13-15-17(21(15,5)6)19(23)26-20(2,3)4/h8-13,15,17H,7H2,1-6H3/t15-,17+/m1/s1. The molecule has 1 aromatic rings. The van der Waals surface area contributed by atoms with Crippen molar-refractivity contribution in [2.24, 2.45) is 17.3 Å². The molecule has 0 radical (unpaired) electrons. The summed E-state index contributed by atoms with van der Waals surface area (Å²) in [6.45, 7) is 11.5. The van der Waals surface area contributed by atoms with Crippen molar-refractivity contribution in [1.29, 1.82) is 0 Å². The molecule has 0 unspecified atom stereocenters. The van der Waals surface area contributed by atoms with Gasteiger partial charge in [0.2, 0.25) is 5.76 Å². The molecule has 1 fully saturated rings. The number of ether oxygens (including phenoxy) is 3. The van der Waals surface area contributed by atoms with Crippen molar-refractivity contribution in [3.63, 3.8) is 0 Å². The first-order valence-electron chi connectivity index (χ1n) is 8.91. The first-order valence-corrected chi connectivity index (χ1v) is 8.91. The van der Waals surface area contributed by atoms with Crippen LogP contribution in [0.4, 0.5) is 0 Å². The van der Waals surface area contributed by atoms with Gasteiger partial charge in [-0.05, 0) is 51.3 Å². The van der Waals surface area contributed by atoms with Gasteiger partial charge in [0.05, 0.1) is 12.5 Å². The molecular formula is C21H28O5. The van der Waals surface area contributed by atoms with E-state index in [4.69, 9.17) is 14.2 Å². The average Bonchev–Trinajstić information content (AvgIpc) is 3.07. The summed E-state index contributed by atoms with van der Waals surface area (Å²) >= 11 is 0. The third-order valence-electron chi connectivity index (χ3n) is 4.35. The number of allylic oxidation sites excluding steroid dienone is 1. The molecule has 1 aliphatic rings. The molecule has 5 heteroatoms. The van der Waals surface area contributed by atoms with Gasteiger partial charge >= 0.3 is 11.9 Å². The van der Waals surface area contributed by atoms with Gasteiger partial charge in [-0.2, -0.15) is 0 Å². The number of hydrogen-bond acceptors (Lipinski definition) is 5. The fraction of sp³-hybridized carbons (Fsp3) is 0.524. The highest BCUT2D eigenvalue weighted by atomic mass is 16.6. The average molecular weight is 360 g/mol. The number of carbonyl (C=O) groups is 2. The van der Waals surface area contributed by atoms with Gasteiger partial charge in [0.25, 0.3) is 0 Å². The maximum absolute atomic E-state index is 12.5. The maximum atomic E-state index is 12.5. The van der Waals surface area contributed by atoms with Crippen LogP contribution in [-0.4, -0.2) is 24.1 Å². The number of rotatable bonds is 6. The van der Waals surface area contributed by atoms with Gasteiger partial charge in [-0.3, -0.25) is 4.79 Å². The largest absolute Gasteiger partial charge is 0.460 e. The zero-order chi connectivity index (χ0) is 19.5. The Kier molecular flexibility index (Phi) is 5.79. The molecule has 5 nitrogen and oxygen atoms in total. The van der Waals surface area contributed by atoms with Gasteiger partial charge in [-0.1, -0.05) is 32.0 Å². The monoisotopic (exact) mass is 360 g/mol. The van der Waals surface area contributed by atoms with E-state index >= 15 is 0 Å². The summed E-state index contributed by atoms with van der Waals surface area (Å²) < 4.78 is 16.3. The van der Waals surface area contributed by atoms with E-state index in [-0.39, 0.29) is 35.6 Å². The summed E-state index contributed by atoms with van der Waals surface area (Å²) in [6.07, 6.45) is 1.69. The van der Waals surface area contributed by atoms with E-state index in [1.807, 2.05) is 52.8 Å². The van der Waals surface area contributed by atoms with Crippen molar-refractivity contribution in [1.82, 2.24) is 0 Å². The number of hydrogen-bond donors (Lipinski definition) is 0. The molecule has 2 rings (SSSR count). The summed E-state index contributed by atoms with van der Waals surface area (Å²) in [5, 5.41) is 0. The van der Waals surface area contributed by atoms with E-state index < -0.39 is 11.6 Å². The lowest BCUT2D eigenvalue weighted by Crippen LogP contribution is -2.26. The third-order valence-corrected chi connectivity index (χ3v) is 4.35. The molecule has 1 saturated carbocycles. The highest BCUT2D eigenvalue weighted by molar-refractivity contribution is 5.87. The summed E-state index contributed by atoms with van der Waals surface area (Å²) in [4.78, 5) is 24.8. The molecule has 0 saturated heterocycles. The summed E-state index contributed by atoms with van der Waals surface area (Å²) in [5.74, 6) is -0.624. The number of benzene rings is 1. The molecule has 2 atom stereocenters. The van der Waals surface area contributed by atoms with Crippen LogP contribution in [0.5, 0.6) is 5.75 Å². The normalized spacial score (nSPS) is 21.7. The van der Waals surface area contributed by atoms with Crippen LogP contribution < -0.4 is 4.74 Å². The first kappa shape index (κ1) is 20.0. The lowest BCUT2D eigenvalue weighted by atomic mass is 10.1. The Labute approximate surface area is 155 Å². The van der Waals surface area contributed by atoms with Gasteiger partial charge in [-0.25, -0.2) is 4.79 Å². The fourth-order valence-electron chi connectivity index (χ4n) is 2.93. The quantitative estimate of drug-likeness (QED) is 0.434. The van der Waals surface area contributed by atoms with Crippen LogP contribution in [0.25, 0.3) is 0 Å². The van der Waals surface area contributed by atoms with Gasteiger partial charge < -0.3 is 14.2 Å². The maximum Gasteiger partial charge on any atom is 0.373 e. The van der Waals surface area contributed by atoms with E-state index in [2.05, 4.69) is 0 Å². The van der Waals surface area contributed by atoms with Gasteiger partial charge in [0, 0.05) is 5.92 Å². The predicted octanol–water partition coefficient (Wildman–Crippen LogP) is 4.13. The van der Waals surface area contributed by atoms with Crippen LogP contribution in [0.3, 0.4) is 0 Å². The zero-order valence-electron chi connectivity index (χ0n) is 16.4. The fourth-order valence-corrected chi connectivity index (χ4v) is 2.93. The van der Waals surface area contributed by atoms with Gasteiger partial charge in [-0.15, -0.1) is 0 Å². The highest BCUT2D eigenvalue weighted by Gasteiger charge is 2.62. The molecule has 1 aromatic carbocycles. The van der Waals surface area contributed by atoms with Crippen LogP contribution in [0, 0.1) is 17.3 Å². The molecule has 0 aliphatic heterocycles. The Balaban J connectivity index is 2.22. The van der Waals surface area contributed by atoms with E-state index in [0.717, 1.165) is 0 Å². The Morgan fingerprint density at radius 1 is 1.15 bits per heavy atom. The van der Waals surface area contributed by atoms with Crippen molar-refractivity contribution in [2.45, 2.75) is 47.1 Å². The predicted molar refractivity (Wildman–Crippen MR) is 98.4 cm³/mol. The molecule has 142 valence electrons. The van der Waals surface area contributed by atoms with Crippen LogP contribution in [0.1, 0.15) is 41.5 Å². The second kappa shape index (κ2) is 7.52. The van der Waals surface area contributed by atoms with Gasteiger partial charge in [0.15, 0.2) is 0 Å². The van der Waals surface area contributed by atoms with Gasteiger partial charge in [0.1, 0.15) is 11.4 Å². The number of para-hydroxylation sites is 1. The van der Waals surface area contributed by atoms with Crippen molar-refractivity contribution in [3.8, 4) is 5.75 Å². The molecule has 0 bridgehead atoms. The second-order valence-corrected chi connectivity index (χ2v) is 8.02. The van der Waals surface area contributed by atoms with E-state index in [9.17, 15) is 9.59 Å². The molecule has 0 heterocycles. The molecule has 0 N–H and O–H groups in total. The molecule has 0 amide bonds. The second-order valence-electron chi connectivity index (χ2n) is 8.02. The Morgan fingerprint density at radius 2 is 1.77 bits per heavy atom. The van der Waals surface area contributed by atoms with E-state index in [1.54, 1.807) is 25.1 Å². The molecule has 26 heavy (non-hydrogen) atoms. The van der Waals surface area contributed by atoms with E-state index in [0.29, 0.717) is 5.75 Å². The zero-order valence-corrected chi connectivity index (χ0v) is 16.4. The number of carbonyl (C=O) groups excluding carboxylic acids is 2. The van der Waals surface area contributed by atoms with Crippen molar-refractivity contribution < 1.29 is 23.8 Å². The van der Waals surface area contributed by atoms with Crippen LogP contribution in [0.15, 0.2) is 42.2 Å². The number of esters is 2. The molecule has 0 aromatic heterocycles. The highest BCUT2D eigenvalue weighted by Crippen LogP contribution is 2.60. The topological polar surface area (TPSA) is 61.8 Å². The van der Waals surface area contributed by atoms with Crippen LogP contribution >= 0.6 is 0 Å². The smallest absolute Gasteiger partial charge is 0.373 e. The molecular weight excluding hydrogens is 332 g/mol. The third kappa shape index (κ3) is 4.87. The lowest BCUT2D eigenvalue weighted by Gasteiger charge is -2.20. The van der Waals surface area contributed by atoms with E-state index in [1.165, 1.54) is 0 Å². The lowest BCUT2D eigenvalue weighted by molar-refractivity contribution is -0.157. The minimum atomic E-state index is -0.547. The Morgan fingerprint density at radius 3 is 2.31 bits per heavy atom. The Hall–Kier alpha value is -2.30. The summed E-state index contributed by atoms with van der Waals surface area (Å²) in [6, 6.07) is 9.03. The summed E-state index contributed by atoms with van der Waals surface area (Å²) in [5.41, 5.74) is -0.853. The van der Waals surface area contributed by atoms with Crippen molar-refractivity contribution in [2.75, 3.05) is 6.61 Å². The van der Waals surface area contributed by atoms with Crippen LogP contribution in [-0.2, 0) is 19.1 Å². The van der Waals surface area contributed by atoms with Crippen LogP contribution in [0.2, 0.25) is 0 Å². The van der Waals surface area contributed by atoms with Crippen molar-refractivity contribution >= 4 is 11.9 Å². The van der Waals surface area contributed by atoms with Crippen molar-refractivity contribution in [3.05, 3.63) is 42.2 Å².